The van der Waals surface area contributed by atoms with Crippen molar-refractivity contribution in [2.75, 3.05) is 6.54 Å². The van der Waals surface area contributed by atoms with Crippen LogP contribution >= 0.6 is 0 Å². The Bertz CT molecular complexity index is 535. The highest BCUT2D eigenvalue weighted by atomic mass is 17.2. The maximum Gasteiger partial charge on any atom is 0.179 e. The second-order valence-electron chi connectivity index (χ2n) is 14.8. The number of nitrogens with two attached hydrogens (primary N) is 1. The van der Waals surface area contributed by atoms with E-state index in [1.165, 1.54) is 154 Å². The Morgan fingerprint density at radius 1 is 0.391 bits per heavy atom. The zero-order valence-electron chi connectivity index (χ0n) is 32.8. The third-order valence-corrected chi connectivity index (χ3v) is 9.71. The van der Waals surface area contributed by atoms with Gasteiger partial charge in [0.15, 0.2) is 6.54 Å². The van der Waals surface area contributed by atoms with E-state index in [4.69, 9.17) is 20.2 Å². The minimum Gasteiger partial charge on any atom is -0.327 e. The van der Waals surface area contributed by atoms with Crippen LogP contribution < -0.4 is 5.73 Å². The van der Waals surface area contributed by atoms with Gasteiger partial charge in [-0.25, -0.2) is 0 Å². The highest BCUT2D eigenvalue weighted by molar-refractivity contribution is 4.58. The zero-order valence-corrected chi connectivity index (χ0v) is 32.8. The van der Waals surface area contributed by atoms with Crippen LogP contribution in [0.5, 0.6) is 0 Å². The fraction of sp³-hybridized carbons (Fsp3) is 1.00. The molecule has 0 spiro atoms. The molecule has 5 heteroatoms. The summed E-state index contributed by atoms with van der Waals surface area (Å²) in [6, 6.07) is 0.127. The molecule has 0 aromatic heterocycles. The van der Waals surface area contributed by atoms with E-state index in [9.17, 15) is 0 Å². The highest BCUT2D eigenvalue weighted by Gasteiger charge is 2.41. The van der Waals surface area contributed by atoms with Crippen molar-refractivity contribution in [3.63, 3.8) is 0 Å². The quantitative estimate of drug-likeness (QED) is 0.0411. The molecule has 0 heterocycles. The molecule has 4 unspecified atom stereocenters. The van der Waals surface area contributed by atoms with E-state index in [1.54, 1.807) is 0 Å². The van der Waals surface area contributed by atoms with Gasteiger partial charge in [-0.2, -0.15) is 0 Å². The Hall–Kier alpha value is -0.200. The fourth-order valence-corrected chi connectivity index (χ4v) is 6.44. The topological polar surface area (TPSA) is 53.7 Å². The van der Waals surface area contributed by atoms with Gasteiger partial charge in [-0.15, -0.1) is 14.5 Å². The Kier molecular flexibility index (Phi) is 33.2. The van der Waals surface area contributed by atoms with Crippen molar-refractivity contribution < 1.29 is 19.5 Å². The molecule has 5 nitrogen and oxygen atoms in total. The molecule has 4 atom stereocenters. The van der Waals surface area contributed by atoms with Crippen LogP contribution in [0.4, 0.5) is 0 Å². The van der Waals surface area contributed by atoms with Crippen LogP contribution in [0.2, 0.25) is 0 Å². The van der Waals surface area contributed by atoms with Crippen LogP contribution in [-0.2, 0) is 14.5 Å². The summed E-state index contributed by atoms with van der Waals surface area (Å²) in [7, 11) is 0. The van der Waals surface area contributed by atoms with E-state index in [0.29, 0.717) is 6.54 Å². The third-order valence-electron chi connectivity index (χ3n) is 9.71. The number of hydrogen-bond donors (Lipinski definition) is 1. The van der Waals surface area contributed by atoms with Gasteiger partial charge in [0.2, 0.25) is 0 Å². The lowest BCUT2D eigenvalue weighted by atomic mass is 10.1. The average molecular weight is 656 g/mol. The van der Waals surface area contributed by atoms with Crippen molar-refractivity contribution in [2.24, 2.45) is 5.73 Å². The minimum atomic E-state index is -0.151. The van der Waals surface area contributed by atoms with E-state index >= 15 is 0 Å². The number of hydrogen-bond acceptors (Lipinski definition) is 4. The van der Waals surface area contributed by atoms with Gasteiger partial charge >= 0.3 is 0 Å². The van der Waals surface area contributed by atoms with Gasteiger partial charge in [-0.1, -0.05) is 182 Å². The van der Waals surface area contributed by atoms with Gasteiger partial charge < -0.3 is 5.73 Å². The molecule has 0 rings (SSSR count). The maximum atomic E-state index is 6.84. The number of hydroxylamine groups is 3. The number of rotatable bonds is 37. The van der Waals surface area contributed by atoms with Gasteiger partial charge in [-0.3, -0.25) is 0 Å². The Morgan fingerprint density at radius 3 is 0.913 bits per heavy atom. The third kappa shape index (κ3) is 28.8. The van der Waals surface area contributed by atoms with Crippen molar-refractivity contribution in [3.8, 4) is 0 Å². The highest BCUT2D eigenvalue weighted by Crippen LogP contribution is 2.26. The summed E-state index contributed by atoms with van der Waals surface area (Å²) in [6.45, 7) is 16.3. The summed E-state index contributed by atoms with van der Waals surface area (Å²) in [5, 5.41) is 0. The van der Waals surface area contributed by atoms with Crippen LogP contribution in [-0.4, -0.2) is 35.9 Å². The van der Waals surface area contributed by atoms with Crippen LogP contribution in [0.25, 0.3) is 0 Å². The van der Waals surface area contributed by atoms with Gasteiger partial charge in [0.05, 0.1) is 4.97 Å². The number of nitrogens with zero attached hydrogens (tertiary/aromatic N) is 1. The van der Waals surface area contributed by atoms with Crippen molar-refractivity contribution in [1.29, 1.82) is 0 Å². The summed E-state index contributed by atoms with van der Waals surface area (Å²) in [6.07, 6.45) is 37.1. The molecule has 0 aromatic carbocycles. The van der Waals surface area contributed by atoms with E-state index in [1.807, 2.05) is 0 Å². The first-order valence-electron chi connectivity index (χ1n) is 21.0. The zero-order chi connectivity index (χ0) is 34.1. The minimum absolute atomic E-state index is 0.0728. The van der Waals surface area contributed by atoms with Crippen LogP contribution in [0.15, 0.2) is 0 Å². The molecule has 2 N–H and O–H groups in total. The molecule has 0 bridgehead atoms. The lowest BCUT2D eigenvalue weighted by Crippen LogP contribution is -2.54. The van der Waals surface area contributed by atoms with Gasteiger partial charge in [0.1, 0.15) is 18.3 Å². The first-order valence-corrected chi connectivity index (χ1v) is 21.0. The van der Waals surface area contributed by atoms with Crippen molar-refractivity contribution >= 4 is 0 Å². The molecule has 0 saturated heterocycles. The Balaban J connectivity index is 5.21. The second kappa shape index (κ2) is 33.3. The molecule has 0 aromatic rings. The molecule has 0 amide bonds. The molecule has 0 fully saturated rings. The summed E-state index contributed by atoms with van der Waals surface area (Å²) in [5.41, 5.74) is 6.47. The average Bonchev–Trinajstić information content (AvgIpc) is 3.03. The molecule has 0 radical (unpaired) electrons. The Labute approximate surface area is 290 Å². The van der Waals surface area contributed by atoms with Gasteiger partial charge in [0, 0.05) is 12.5 Å². The van der Waals surface area contributed by atoms with Crippen molar-refractivity contribution in [3.05, 3.63) is 0 Å². The summed E-state index contributed by atoms with van der Waals surface area (Å²) in [4.78, 5) is 20.4. The molecule has 0 aliphatic carbocycles. The smallest absolute Gasteiger partial charge is 0.179 e. The molecule has 0 aliphatic heterocycles. The van der Waals surface area contributed by atoms with E-state index in [0.717, 1.165) is 32.1 Å². The lowest BCUT2D eigenvalue weighted by Gasteiger charge is -2.36. The molecule has 0 aliphatic rings. The SMILES string of the molecule is CCCCCCCCCCC(C)O[N+](CCC(N)CC)(OC(C)CCCCCCCCCC)OC(C)CCCCCCCCCC. The largest absolute Gasteiger partial charge is 0.327 e. The van der Waals surface area contributed by atoms with Gasteiger partial charge in [-0.05, 0) is 46.5 Å². The fourth-order valence-electron chi connectivity index (χ4n) is 6.44. The van der Waals surface area contributed by atoms with Crippen molar-refractivity contribution in [1.82, 2.24) is 0 Å². The predicted molar refractivity (Wildman–Crippen MR) is 201 cm³/mol. The molecular weight excluding hydrogens is 568 g/mol. The number of quaternary nitrogens is 1. The summed E-state index contributed by atoms with van der Waals surface area (Å²) in [5.74, 6) is 0. The second-order valence-corrected chi connectivity index (χ2v) is 14.8. The molecule has 0 saturated carbocycles. The summed E-state index contributed by atoms with van der Waals surface area (Å²) < 4.78 is 0. The van der Waals surface area contributed by atoms with Crippen LogP contribution in [0.1, 0.15) is 235 Å². The lowest BCUT2D eigenvalue weighted by molar-refractivity contribution is -1.37. The standard InChI is InChI=1S/C41H87N2O3/c1-8-12-15-18-21-24-27-30-33-38(5)44-43(37-36-41(42)11-4,45-39(6)34-31-28-25-22-19-16-13-9-2)46-40(7)35-32-29-26-23-20-17-14-10-3/h38-41H,8-37,42H2,1-7H3/q+1. The van der Waals surface area contributed by atoms with E-state index in [-0.39, 0.29) is 29.3 Å². The van der Waals surface area contributed by atoms with Crippen molar-refractivity contribution in [2.45, 2.75) is 259 Å². The van der Waals surface area contributed by atoms with Crippen LogP contribution in [0, 0.1) is 0 Å². The van der Waals surface area contributed by atoms with E-state index < -0.39 is 0 Å². The summed E-state index contributed by atoms with van der Waals surface area (Å²) >= 11 is 0. The maximum absolute atomic E-state index is 6.84. The molecular formula is C41H87N2O3+. The monoisotopic (exact) mass is 656 g/mol. The first kappa shape index (κ1) is 45.8. The Morgan fingerprint density at radius 2 is 0.652 bits per heavy atom. The molecule has 46 heavy (non-hydrogen) atoms. The normalized spacial score (nSPS) is 15.9. The van der Waals surface area contributed by atoms with E-state index in [2.05, 4.69) is 48.5 Å². The van der Waals surface area contributed by atoms with Gasteiger partial charge in [0.25, 0.3) is 0 Å². The first-order chi connectivity index (χ1) is 22.3. The number of unbranched alkanes of at least 4 members (excludes halogenated alkanes) is 21. The molecule has 278 valence electrons. The van der Waals surface area contributed by atoms with Crippen LogP contribution in [0.3, 0.4) is 0 Å². The predicted octanol–water partition coefficient (Wildman–Crippen LogP) is 13.5.